The summed E-state index contributed by atoms with van der Waals surface area (Å²) >= 11 is 5.81. The van der Waals surface area contributed by atoms with Gasteiger partial charge in [0.2, 0.25) is 0 Å². The molecular weight excluding hydrogens is 376 g/mol. The highest BCUT2D eigenvalue weighted by molar-refractivity contribution is 6.34. The van der Waals surface area contributed by atoms with Gasteiger partial charge in [-0.15, -0.1) is 0 Å². The first-order chi connectivity index (χ1) is 13.0. The molecule has 3 aromatic rings. The number of ether oxygens (including phenoxy) is 2. The monoisotopic (exact) mass is 389 g/mol. The van der Waals surface area contributed by atoms with Gasteiger partial charge in [-0.3, -0.25) is 4.79 Å². The lowest BCUT2D eigenvalue weighted by atomic mass is 10.2. The van der Waals surface area contributed by atoms with E-state index in [9.17, 15) is 13.6 Å². The summed E-state index contributed by atoms with van der Waals surface area (Å²) in [7, 11) is 1.55. The molecule has 0 aliphatic heterocycles. The first-order valence-corrected chi connectivity index (χ1v) is 8.22. The van der Waals surface area contributed by atoms with Crippen LogP contribution in [0, 0.1) is 11.6 Å². The predicted octanol–water partition coefficient (Wildman–Crippen LogP) is 5.67. The number of benzene rings is 3. The van der Waals surface area contributed by atoms with Crippen molar-refractivity contribution in [2.45, 2.75) is 0 Å². The maximum atomic E-state index is 13.3. The van der Waals surface area contributed by atoms with E-state index in [2.05, 4.69) is 5.32 Å². The van der Waals surface area contributed by atoms with E-state index in [0.717, 1.165) is 12.1 Å². The van der Waals surface area contributed by atoms with Crippen LogP contribution in [-0.2, 0) is 0 Å². The van der Waals surface area contributed by atoms with Gasteiger partial charge in [-0.25, -0.2) is 8.78 Å². The quantitative estimate of drug-likeness (QED) is 0.572. The largest absolute Gasteiger partial charge is 0.493 e. The molecule has 4 nitrogen and oxygen atoms in total. The molecule has 1 amide bonds. The van der Waals surface area contributed by atoms with Crippen LogP contribution in [0.4, 0.5) is 14.5 Å². The molecule has 7 heteroatoms. The zero-order chi connectivity index (χ0) is 19.4. The first-order valence-electron chi connectivity index (χ1n) is 7.85. The lowest BCUT2D eigenvalue weighted by Gasteiger charge is -2.11. The maximum absolute atomic E-state index is 13.3. The fourth-order valence-corrected chi connectivity index (χ4v) is 2.57. The van der Waals surface area contributed by atoms with E-state index in [0.29, 0.717) is 22.9 Å². The van der Waals surface area contributed by atoms with Gasteiger partial charge in [0.25, 0.3) is 5.91 Å². The molecule has 0 bridgehead atoms. The summed E-state index contributed by atoms with van der Waals surface area (Å²) < 4.78 is 37.4. The van der Waals surface area contributed by atoms with E-state index >= 15 is 0 Å². The summed E-state index contributed by atoms with van der Waals surface area (Å²) in [6.07, 6.45) is 0. The fourth-order valence-electron chi connectivity index (χ4n) is 2.33. The number of para-hydroxylation sites is 2. The molecule has 0 saturated carbocycles. The van der Waals surface area contributed by atoms with Crippen molar-refractivity contribution in [3.05, 3.63) is 82.9 Å². The average Bonchev–Trinajstić information content (AvgIpc) is 2.66. The lowest BCUT2D eigenvalue weighted by Crippen LogP contribution is -2.13. The van der Waals surface area contributed by atoms with Crippen molar-refractivity contribution in [2.75, 3.05) is 12.4 Å². The number of carbonyl (C=O) groups is 1. The molecule has 0 unspecified atom stereocenters. The number of anilines is 1. The van der Waals surface area contributed by atoms with E-state index in [4.69, 9.17) is 21.1 Å². The molecule has 0 fully saturated rings. The molecule has 0 aliphatic carbocycles. The Labute approximate surface area is 159 Å². The van der Waals surface area contributed by atoms with E-state index in [1.165, 1.54) is 0 Å². The van der Waals surface area contributed by atoms with Crippen LogP contribution in [-0.4, -0.2) is 13.0 Å². The van der Waals surface area contributed by atoms with Gasteiger partial charge in [0.05, 0.1) is 17.7 Å². The molecule has 138 valence electrons. The van der Waals surface area contributed by atoms with Crippen molar-refractivity contribution in [2.24, 2.45) is 0 Å². The van der Waals surface area contributed by atoms with Crippen molar-refractivity contribution in [1.29, 1.82) is 0 Å². The van der Waals surface area contributed by atoms with Crippen LogP contribution in [0.25, 0.3) is 0 Å². The second kappa shape index (κ2) is 8.05. The van der Waals surface area contributed by atoms with Gasteiger partial charge in [0.1, 0.15) is 5.75 Å². The molecule has 1 N–H and O–H groups in total. The first kappa shape index (κ1) is 18.7. The van der Waals surface area contributed by atoms with Crippen molar-refractivity contribution in [3.8, 4) is 17.2 Å². The Morgan fingerprint density at radius 3 is 2.26 bits per heavy atom. The number of rotatable bonds is 5. The van der Waals surface area contributed by atoms with Crippen molar-refractivity contribution >= 4 is 23.2 Å². The second-order valence-corrected chi connectivity index (χ2v) is 5.88. The summed E-state index contributed by atoms with van der Waals surface area (Å²) in [6.45, 7) is 0. The predicted molar refractivity (Wildman–Crippen MR) is 98.8 cm³/mol. The van der Waals surface area contributed by atoms with Gasteiger partial charge in [0, 0.05) is 5.69 Å². The number of amides is 1. The molecule has 0 atom stereocenters. The highest BCUT2D eigenvalue weighted by Crippen LogP contribution is 2.31. The van der Waals surface area contributed by atoms with E-state index < -0.39 is 17.5 Å². The number of nitrogens with one attached hydrogen (secondary N) is 1. The van der Waals surface area contributed by atoms with Crippen LogP contribution >= 0.6 is 11.6 Å². The Morgan fingerprint density at radius 2 is 1.59 bits per heavy atom. The van der Waals surface area contributed by atoms with Crippen molar-refractivity contribution in [3.63, 3.8) is 0 Å². The number of methoxy groups -OCH3 is 1. The summed E-state index contributed by atoms with van der Waals surface area (Å²) in [4.78, 5) is 12.2. The van der Waals surface area contributed by atoms with Gasteiger partial charge >= 0.3 is 0 Å². The minimum Gasteiger partial charge on any atom is -0.493 e. The number of hydrogen-bond acceptors (Lipinski definition) is 3. The molecule has 0 aliphatic rings. The summed E-state index contributed by atoms with van der Waals surface area (Å²) in [5.74, 6) is -1.26. The normalized spacial score (nSPS) is 10.4. The Balaban J connectivity index is 1.72. The van der Waals surface area contributed by atoms with Crippen molar-refractivity contribution in [1.82, 2.24) is 0 Å². The zero-order valence-corrected chi connectivity index (χ0v) is 14.9. The fraction of sp³-hybridized carbons (Fsp3) is 0.0500. The van der Waals surface area contributed by atoms with E-state index in [-0.39, 0.29) is 10.6 Å². The van der Waals surface area contributed by atoms with E-state index in [1.54, 1.807) is 43.5 Å². The smallest absolute Gasteiger partial charge is 0.257 e. The van der Waals surface area contributed by atoms with Gasteiger partial charge in [-0.05, 0) is 48.5 Å². The Bertz CT molecular complexity index is 977. The lowest BCUT2D eigenvalue weighted by molar-refractivity contribution is 0.102. The van der Waals surface area contributed by atoms with Gasteiger partial charge in [-0.1, -0.05) is 23.7 Å². The van der Waals surface area contributed by atoms with Crippen LogP contribution in [0.2, 0.25) is 5.02 Å². The molecule has 0 spiro atoms. The SMILES string of the molecule is COc1ccccc1Oc1ccc(NC(=O)c2cc(F)c(F)cc2Cl)cc1. The maximum Gasteiger partial charge on any atom is 0.257 e. The minimum absolute atomic E-state index is 0.162. The number of halogens is 3. The van der Waals surface area contributed by atoms with Crippen LogP contribution in [0.3, 0.4) is 0 Å². The molecular formula is C20H14ClF2NO3. The topological polar surface area (TPSA) is 47.6 Å². The van der Waals surface area contributed by atoms with Crippen LogP contribution < -0.4 is 14.8 Å². The zero-order valence-electron chi connectivity index (χ0n) is 14.1. The molecule has 0 saturated heterocycles. The minimum atomic E-state index is -1.15. The van der Waals surface area contributed by atoms with Gasteiger partial charge in [-0.2, -0.15) is 0 Å². The van der Waals surface area contributed by atoms with Crippen LogP contribution in [0.15, 0.2) is 60.7 Å². The molecule has 0 radical (unpaired) electrons. The Hall–Kier alpha value is -3.12. The third kappa shape index (κ3) is 4.35. The molecule has 3 aromatic carbocycles. The summed E-state index contributed by atoms with van der Waals surface area (Å²) in [5, 5.41) is 2.39. The Kier molecular flexibility index (Phi) is 5.57. The molecule has 3 rings (SSSR count). The molecule has 0 heterocycles. The highest BCUT2D eigenvalue weighted by Gasteiger charge is 2.15. The van der Waals surface area contributed by atoms with Crippen LogP contribution in [0.1, 0.15) is 10.4 Å². The van der Waals surface area contributed by atoms with Gasteiger partial charge < -0.3 is 14.8 Å². The second-order valence-electron chi connectivity index (χ2n) is 5.48. The Morgan fingerprint density at radius 1 is 0.963 bits per heavy atom. The average molecular weight is 390 g/mol. The summed E-state index contributed by atoms with van der Waals surface area (Å²) in [6, 6.07) is 15.2. The van der Waals surface area contributed by atoms with E-state index in [1.807, 2.05) is 12.1 Å². The number of carbonyl (C=O) groups excluding carboxylic acids is 1. The summed E-state index contributed by atoms with van der Waals surface area (Å²) in [5.41, 5.74) is 0.276. The van der Waals surface area contributed by atoms with Crippen LogP contribution in [0.5, 0.6) is 17.2 Å². The third-order valence-electron chi connectivity index (χ3n) is 3.66. The standard InChI is InChI=1S/C20H14ClF2NO3/c1-26-18-4-2-3-5-19(18)27-13-8-6-12(7-9-13)24-20(25)14-10-16(22)17(23)11-15(14)21/h2-11H,1H3,(H,24,25). The van der Waals surface area contributed by atoms with Crippen molar-refractivity contribution < 1.29 is 23.0 Å². The molecule has 0 aromatic heterocycles. The molecule has 27 heavy (non-hydrogen) atoms. The van der Waals surface area contributed by atoms with Gasteiger partial charge in [0.15, 0.2) is 23.1 Å². The third-order valence-corrected chi connectivity index (χ3v) is 3.98. The number of hydrogen-bond donors (Lipinski definition) is 1. The highest BCUT2D eigenvalue weighted by atomic mass is 35.5.